The summed E-state index contributed by atoms with van der Waals surface area (Å²) < 4.78 is 0. The standard InChI is InChI=1S/C20H18N2O5/c1-9(2)7-10(8-23)22-19(26)13-5-3-11-15-12(18(25)21-17(11)24)4-6-14(16(13)15)20(22)27/h3-6,9-10,23H,7-8H2,1-2H3,(H,21,24,25). The monoisotopic (exact) mass is 366 g/mol. The van der Waals surface area contributed by atoms with Crippen LogP contribution in [0.5, 0.6) is 0 Å². The highest BCUT2D eigenvalue weighted by Gasteiger charge is 2.40. The number of aliphatic hydroxyl groups excluding tert-OH is 1. The lowest BCUT2D eigenvalue weighted by Gasteiger charge is -2.34. The van der Waals surface area contributed by atoms with E-state index in [2.05, 4.69) is 5.32 Å². The molecule has 138 valence electrons. The summed E-state index contributed by atoms with van der Waals surface area (Å²) in [4.78, 5) is 51.6. The number of nitrogens with one attached hydrogen (secondary N) is 1. The molecule has 0 bridgehead atoms. The molecular weight excluding hydrogens is 348 g/mol. The second kappa shape index (κ2) is 5.99. The van der Waals surface area contributed by atoms with Gasteiger partial charge >= 0.3 is 0 Å². The van der Waals surface area contributed by atoms with Gasteiger partial charge in [0, 0.05) is 33.0 Å². The van der Waals surface area contributed by atoms with Gasteiger partial charge in [-0.25, -0.2) is 0 Å². The molecule has 0 saturated carbocycles. The maximum absolute atomic E-state index is 13.1. The number of aliphatic hydroxyl groups is 1. The molecule has 1 unspecified atom stereocenters. The zero-order valence-electron chi connectivity index (χ0n) is 14.9. The lowest BCUT2D eigenvalue weighted by atomic mass is 9.85. The highest BCUT2D eigenvalue weighted by atomic mass is 16.3. The number of imide groups is 2. The molecule has 0 spiro atoms. The van der Waals surface area contributed by atoms with Crippen LogP contribution in [0, 0.1) is 5.92 Å². The van der Waals surface area contributed by atoms with Gasteiger partial charge in [0.15, 0.2) is 0 Å². The summed E-state index contributed by atoms with van der Waals surface area (Å²) in [5.74, 6) is -1.96. The van der Waals surface area contributed by atoms with Crippen LogP contribution in [0.3, 0.4) is 0 Å². The molecule has 0 aromatic heterocycles. The zero-order valence-corrected chi connectivity index (χ0v) is 14.9. The second-order valence-corrected chi connectivity index (χ2v) is 7.30. The molecule has 0 fully saturated rings. The number of carbonyl (C=O) groups is 4. The van der Waals surface area contributed by atoms with Crippen molar-refractivity contribution < 1.29 is 24.3 Å². The fraction of sp³-hybridized carbons (Fsp3) is 0.300. The molecule has 1 atom stereocenters. The number of hydrogen-bond acceptors (Lipinski definition) is 5. The van der Waals surface area contributed by atoms with Crippen molar-refractivity contribution in [3.05, 3.63) is 46.5 Å². The van der Waals surface area contributed by atoms with Gasteiger partial charge in [0.05, 0.1) is 12.6 Å². The Morgan fingerprint density at radius 1 is 0.852 bits per heavy atom. The van der Waals surface area contributed by atoms with Gasteiger partial charge < -0.3 is 5.11 Å². The SMILES string of the molecule is CC(C)CC(CO)N1C(=O)c2ccc3c4c(ccc(c24)C1=O)C(=O)NC3=O. The zero-order chi connectivity index (χ0) is 19.5. The van der Waals surface area contributed by atoms with Gasteiger partial charge in [0.2, 0.25) is 0 Å². The number of rotatable bonds is 4. The normalized spacial score (nSPS) is 17.0. The molecule has 7 nitrogen and oxygen atoms in total. The predicted molar refractivity (Wildman–Crippen MR) is 96.6 cm³/mol. The van der Waals surface area contributed by atoms with Crippen LogP contribution in [0.2, 0.25) is 0 Å². The van der Waals surface area contributed by atoms with Crippen molar-refractivity contribution in [3.8, 4) is 0 Å². The van der Waals surface area contributed by atoms with Crippen molar-refractivity contribution in [1.29, 1.82) is 0 Å². The van der Waals surface area contributed by atoms with Crippen molar-refractivity contribution in [1.82, 2.24) is 10.2 Å². The third kappa shape index (κ3) is 2.39. The van der Waals surface area contributed by atoms with Gasteiger partial charge in [-0.05, 0) is 36.6 Å². The van der Waals surface area contributed by atoms with E-state index in [9.17, 15) is 24.3 Å². The fourth-order valence-electron chi connectivity index (χ4n) is 3.96. The first-order valence-corrected chi connectivity index (χ1v) is 8.79. The topological polar surface area (TPSA) is 104 Å². The smallest absolute Gasteiger partial charge is 0.261 e. The third-order valence-corrected chi connectivity index (χ3v) is 5.09. The Balaban J connectivity index is 1.97. The van der Waals surface area contributed by atoms with E-state index >= 15 is 0 Å². The van der Waals surface area contributed by atoms with E-state index in [0.29, 0.717) is 17.2 Å². The first-order valence-electron chi connectivity index (χ1n) is 8.79. The fourth-order valence-corrected chi connectivity index (χ4v) is 3.96. The second-order valence-electron chi connectivity index (χ2n) is 7.30. The molecule has 27 heavy (non-hydrogen) atoms. The van der Waals surface area contributed by atoms with Crippen LogP contribution < -0.4 is 5.32 Å². The largest absolute Gasteiger partial charge is 0.394 e. The lowest BCUT2D eigenvalue weighted by molar-refractivity contribution is 0.0443. The molecular formula is C20H18N2O5. The molecule has 4 amide bonds. The van der Waals surface area contributed by atoms with E-state index in [1.54, 1.807) is 0 Å². The van der Waals surface area contributed by atoms with E-state index in [1.807, 2.05) is 13.8 Å². The summed E-state index contributed by atoms with van der Waals surface area (Å²) in [6.07, 6.45) is 0.476. The van der Waals surface area contributed by atoms with Gasteiger partial charge in [0.25, 0.3) is 23.6 Å². The Bertz CT molecular complexity index is 972. The summed E-state index contributed by atoms with van der Waals surface area (Å²) in [6.45, 7) is 3.57. The maximum Gasteiger partial charge on any atom is 0.261 e. The van der Waals surface area contributed by atoms with Crippen LogP contribution in [-0.2, 0) is 0 Å². The predicted octanol–water partition coefficient (Wildman–Crippen LogP) is 1.73. The van der Waals surface area contributed by atoms with Crippen LogP contribution in [0.15, 0.2) is 24.3 Å². The Hall–Kier alpha value is -3.06. The van der Waals surface area contributed by atoms with Crippen LogP contribution in [0.1, 0.15) is 61.7 Å². The molecule has 0 saturated heterocycles. The first kappa shape index (κ1) is 17.4. The minimum atomic E-state index is -0.634. The van der Waals surface area contributed by atoms with Crippen molar-refractivity contribution in [3.63, 3.8) is 0 Å². The Kier molecular flexibility index (Phi) is 3.85. The van der Waals surface area contributed by atoms with Gasteiger partial charge in [0.1, 0.15) is 0 Å². The molecule has 2 heterocycles. The third-order valence-electron chi connectivity index (χ3n) is 5.09. The summed E-state index contributed by atoms with van der Waals surface area (Å²) in [6, 6.07) is 5.37. The average molecular weight is 366 g/mol. The molecule has 2 aromatic carbocycles. The Morgan fingerprint density at radius 2 is 1.30 bits per heavy atom. The van der Waals surface area contributed by atoms with Crippen molar-refractivity contribution in [2.45, 2.75) is 26.3 Å². The summed E-state index contributed by atoms with van der Waals surface area (Å²) in [5, 5.41) is 12.7. The number of nitrogens with zero attached hydrogens (tertiary/aromatic N) is 1. The van der Waals surface area contributed by atoms with Gasteiger partial charge in [-0.1, -0.05) is 13.8 Å². The van der Waals surface area contributed by atoms with E-state index in [1.165, 1.54) is 24.3 Å². The number of carbonyl (C=O) groups excluding carboxylic acids is 4. The number of hydrogen-bond donors (Lipinski definition) is 2. The first-order chi connectivity index (χ1) is 12.8. The molecule has 0 radical (unpaired) electrons. The molecule has 4 rings (SSSR count). The van der Waals surface area contributed by atoms with Crippen molar-refractivity contribution >= 4 is 34.4 Å². The number of amides is 4. The number of benzene rings is 2. The van der Waals surface area contributed by atoms with E-state index in [-0.39, 0.29) is 34.8 Å². The van der Waals surface area contributed by atoms with Crippen molar-refractivity contribution in [2.24, 2.45) is 5.92 Å². The minimum Gasteiger partial charge on any atom is -0.394 e. The Labute approximate surface area is 155 Å². The van der Waals surface area contributed by atoms with Crippen LogP contribution >= 0.6 is 0 Å². The highest BCUT2D eigenvalue weighted by Crippen LogP contribution is 2.37. The summed E-state index contributed by atoms with van der Waals surface area (Å²) in [7, 11) is 0. The quantitative estimate of drug-likeness (QED) is 0.802. The maximum atomic E-state index is 13.1. The molecule has 2 aliphatic heterocycles. The molecule has 2 aromatic rings. The molecule has 2 aliphatic rings. The summed E-state index contributed by atoms with van der Waals surface area (Å²) in [5.41, 5.74) is 1.05. The average Bonchev–Trinajstić information content (AvgIpc) is 2.63. The van der Waals surface area contributed by atoms with Gasteiger partial charge in [-0.15, -0.1) is 0 Å². The molecule has 0 aliphatic carbocycles. The van der Waals surface area contributed by atoms with Crippen LogP contribution in [0.25, 0.3) is 10.8 Å². The lowest BCUT2D eigenvalue weighted by Crippen LogP contribution is -2.49. The van der Waals surface area contributed by atoms with E-state index in [4.69, 9.17) is 0 Å². The molecule has 2 N–H and O–H groups in total. The van der Waals surface area contributed by atoms with E-state index < -0.39 is 29.7 Å². The van der Waals surface area contributed by atoms with Crippen LogP contribution in [-0.4, -0.2) is 46.3 Å². The van der Waals surface area contributed by atoms with E-state index in [0.717, 1.165) is 4.90 Å². The molecule has 7 heteroatoms. The van der Waals surface area contributed by atoms with Gasteiger partial charge in [-0.3, -0.25) is 29.4 Å². The van der Waals surface area contributed by atoms with Crippen molar-refractivity contribution in [2.75, 3.05) is 6.61 Å². The minimum absolute atomic E-state index is 0.181. The Morgan fingerprint density at radius 3 is 1.74 bits per heavy atom. The van der Waals surface area contributed by atoms with Crippen LogP contribution in [0.4, 0.5) is 0 Å². The summed E-state index contributed by atoms with van der Waals surface area (Å²) >= 11 is 0. The van der Waals surface area contributed by atoms with Gasteiger partial charge in [-0.2, -0.15) is 0 Å². The highest BCUT2D eigenvalue weighted by molar-refractivity contribution is 6.33.